The number of esters is 1. The van der Waals surface area contributed by atoms with Crippen LogP contribution in [-0.2, 0) is 14.3 Å². The van der Waals surface area contributed by atoms with E-state index >= 15 is 0 Å². The van der Waals surface area contributed by atoms with E-state index in [4.69, 9.17) is 0 Å². The van der Waals surface area contributed by atoms with Gasteiger partial charge in [0.05, 0.1) is 7.11 Å². The smallest absolute Gasteiger partial charge is 0.322 e. The molecule has 13 heavy (non-hydrogen) atoms. The Labute approximate surface area is 77.8 Å². The van der Waals surface area contributed by atoms with Crippen LogP contribution in [0, 0.1) is 0 Å². The van der Waals surface area contributed by atoms with E-state index in [1.807, 2.05) is 11.8 Å². The molecule has 4 nitrogen and oxygen atoms in total. The molecule has 0 aliphatic carbocycles. The standard InChI is InChI=1S/C9H15NO3/c1-7(9(12)13-2)10-5-3-8(11)4-6-10/h7H,3-6H2,1-2H3. The van der Waals surface area contributed by atoms with Crippen molar-refractivity contribution >= 4 is 11.8 Å². The van der Waals surface area contributed by atoms with E-state index in [2.05, 4.69) is 4.74 Å². The van der Waals surface area contributed by atoms with Crippen LogP contribution in [-0.4, -0.2) is 42.9 Å². The van der Waals surface area contributed by atoms with Crippen LogP contribution in [0.4, 0.5) is 0 Å². The van der Waals surface area contributed by atoms with Gasteiger partial charge in [-0.2, -0.15) is 0 Å². The van der Waals surface area contributed by atoms with Gasteiger partial charge < -0.3 is 4.74 Å². The fraction of sp³-hybridized carbons (Fsp3) is 0.778. The van der Waals surface area contributed by atoms with E-state index < -0.39 is 0 Å². The van der Waals surface area contributed by atoms with Crippen molar-refractivity contribution in [2.45, 2.75) is 25.8 Å². The lowest BCUT2D eigenvalue weighted by atomic mass is 10.1. The third-order valence-electron chi connectivity index (χ3n) is 2.45. The van der Waals surface area contributed by atoms with Gasteiger partial charge in [-0.05, 0) is 6.92 Å². The van der Waals surface area contributed by atoms with E-state index in [1.165, 1.54) is 7.11 Å². The van der Waals surface area contributed by atoms with Gasteiger partial charge in [0, 0.05) is 25.9 Å². The van der Waals surface area contributed by atoms with Gasteiger partial charge in [0.25, 0.3) is 0 Å². The van der Waals surface area contributed by atoms with Gasteiger partial charge in [0.15, 0.2) is 0 Å². The first-order chi connectivity index (χ1) is 6.15. The minimum absolute atomic E-state index is 0.224. The number of rotatable bonds is 2. The number of hydrogen-bond acceptors (Lipinski definition) is 4. The topological polar surface area (TPSA) is 46.6 Å². The van der Waals surface area contributed by atoms with Gasteiger partial charge in [-0.15, -0.1) is 0 Å². The van der Waals surface area contributed by atoms with Gasteiger partial charge >= 0.3 is 5.97 Å². The second-order valence-corrected chi connectivity index (χ2v) is 3.27. The van der Waals surface area contributed by atoms with Gasteiger partial charge in [-0.3, -0.25) is 14.5 Å². The van der Waals surface area contributed by atoms with Crippen LogP contribution in [0.15, 0.2) is 0 Å². The summed E-state index contributed by atoms with van der Waals surface area (Å²) in [6, 6.07) is -0.224. The van der Waals surface area contributed by atoms with E-state index in [0.717, 1.165) is 0 Å². The van der Waals surface area contributed by atoms with Crippen LogP contribution in [0.2, 0.25) is 0 Å². The summed E-state index contributed by atoms with van der Waals surface area (Å²) in [6.45, 7) is 3.16. The molecule has 74 valence electrons. The summed E-state index contributed by atoms with van der Waals surface area (Å²) in [5.41, 5.74) is 0. The molecule has 0 saturated carbocycles. The molecule has 1 fully saturated rings. The number of nitrogens with zero attached hydrogens (tertiary/aromatic N) is 1. The SMILES string of the molecule is COC(=O)C(C)N1CCC(=O)CC1. The minimum atomic E-state index is -0.227. The van der Waals surface area contributed by atoms with Crippen LogP contribution in [0.3, 0.4) is 0 Å². The number of ether oxygens (including phenoxy) is 1. The fourth-order valence-corrected chi connectivity index (χ4v) is 1.48. The van der Waals surface area contributed by atoms with Crippen LogP contribution in [0.1, 0.15) is 19.8 Å². The maximum absolute atomic E-state index is 11.1. The highest BCUT2D eigenvalue weighted by molar-refractivity contribution is 5.80. The highest BCUT2D eigenvalue weighted by atomic mass is 16.5. The van der Waals surface area contributed by atoms with Crippen molar-refractivity contribution in [3.63, 3.8) is 0 Å². The molecule has 0 amide bonds. The third-order valence-corrected chi connectivity index (χ3v) is 2.45. The molecule has 4 heteroatoms. The van der Waals surface area contributed by atoms with Crippen molar-refractivity contribution in [3.8, 4) is 0 Å². The number of methoxy groups -OCH3 is 1. The van der Waals surface area contributed by atoms with Gasteiger partial charge in [0.1, 0.15) is 11.8 Å². The normalized spacial score (nSPS) is 21.2. The van der Waals surface area contributed by atoms with Crippen LogP contribution in [0.25, 0.3) is 0 Å². The van der Waals surface area contributed by atoms with Crippen LogP contribution < -0.4 is 0 Å². The van der Waals surface area contributed by atoms with Crippen molar-refractivity contribution in [2.24, 2.45) is 0 Å². The molecule has 0 bridgehead atoms. The monoisotopic (exact) mass is 185 g/mol. The van der Waals surface area contributed by atoms with Crippen molar-refractivity contribution in [2.75, 3.05) is 20.2 Å². The molecule has 0 aromatic rings. The molecule has 0 radical (unpaired) electrons. The highest BCUT2D eigenvalue weighted by Gasteiger charge is 2.25. The van der Waals surface area contributed by atoms with Crippen molar-refractivity contribution < 1.29 is 14.3 Å². The number of carbonyl (C=O) groups is 2. The Morgan fingerprint density at radius 2 is 2.00 bits per heavy atom. The highest BCUT2D eigenvalue weighted by Crippen LogP contribution is 2.10. The summed E-state index contributed by atoms with van der Waals surface area (Å²) >= 11 is 0. The van der Waals surface area contributed by atoms with E-state index in [9.17, 15) is 9.59 Å². The zero-order valence-electron chi connectivity index (χ0n) is 8.08. The predicted molar refractivity (Wildman–Crippen MR) is 47.3 cm³/mol. The second-order valence-electron chi connectivity index (χ2n) is 3.27. The Balaban J connectivity index is 2.44. The first kappa shape index (κ1) is 10.2. The molecule has 1 aliphatic heterocycles. The summed E-state index contributed by atoms with van der Waals surface area (Å²) in [4.78, 5) is 24.1. The van der Waals surface area contributed by atoms with Crippen molar-refractivity contribution in [3.05, 3.63) is 0 Å². The molecule has 1 unspecified atom stereocenters. The molecule has 1 heterocycles. The largest absolute Gasteiger partial charge is 0.468 e. The lowest BCUT2D eigenvalue weighted by Crippen LogP contribution is -2.44. The van der Waals surface area contributed by atoms with Gasteiger partial charge in [-0.1, -0.05) is 0 Å². The van der Waals surface area contributed by atoms with E-state index in [1.54, 1.807) is 0 Å². The minimum Gasteiger partial charge on any atom is -0.468 e. The quantitative estimate of drug-likeness (QED) is 0.577. The summed E-state index contributed by atoms with van der Waals surface area (Å²) in [7, 11) is 1.38. The van der Waals surface area contributed by atoms with Crippen molar-refractivity contribution in [1.29, 1.82) is 0 Å². The third kappa shape index (κ3) is 2.52. The van der Waals surface area contributed by atoms with Gasteiger partial charge in [-0.25, -0.2) is 0 Å². The first-order valence-electron chi connectivity index (χ1n) is 4.48. The molecular formula is C9H15NO3. The molecule has 0 N–H and O–H groups in total. The summed E-state index contributed by atoms with van der Waals surface area (Å²) < 4.78 is 4.63. The zero-order valence-corrected chi connectivity index (χ0v) is 8.08. The summed E-state index contributed by atoms with van der Waals surface area (Å²) in [5, 5.41) is 0. The van der Waals surface area contributed by atoms with Gasteiger partial charge in [0.2, 0.25) is 0 Å². The molecule has 1 atom stereocenters. The Bertz CT molecular complexity index is 205. The number of carbonyl (C=O) groups excluding carboxylic acids is 2. The Kier molecular flexibility index (Phi) is 3.42. The maximum atomic E-state index is 11.1. The Hall–Kier alpha value is -0.900. The molecule has 1 aliphatic rings. The lowest BCUT2D eigenvalue weighted by Gasteiger charge is -2.29. The number of ketones is 1. The van der Waals surface area contributed by atoms with E-state index in [0.29, 0.717) is 25.9 Å². The van der Waals surface area contributed by atoms with Crippen LogP contribution >= 0.6 is 0 Å². The van der Waals surface area contributed by atoms with Crippen molar-refractivity contribution in [1.82, 2.24) is 4.90 Å². The number of likely N-dealkylation sites (tertiary alicyclic amines) is 1. The zero-order chi connectivity index (χ0) is 9.84. The molecule has 1 saturated heterocycles. The summed E-state index contributed by atoms with van der Waals surface area (Å²) in [5.74, 6) is 0.0580. The Morgan fingerprint density at radius 1 is 1.46 bits per heavy atom. The average Bonchev–Trinajstić information content (AvgIpc) is 2.17. The number of piperidine rings is 1. The summed E-state index contributed by atoms with van der Waals surface area (Å²) in [6.07, 6.45) is 1.11. The van der Waals surface area contributed by atoms with Crippen LogP contribution in [0.5, 0.6) is 0 Å². The molecular weight excluding hydrogens is 170 g/mol. The predicted octanol–water partition coefficient (Wildman–Crippen LogP) is 0.213. The lowest BCUT2D eigenvalue weighted by molar-refractivity contribution is -0.147. The molecule has 0 aromatic carbocycles. The number of hydrogen-bond donors (Lipinski definition) is 0. The molecule has 1 rings (SSSR count). The first-order valence-corrected chi connectivity index (χ1v) is 4.48. The average molecular weight is 185 g/mol. The maximum Gasteiger partial charge on any atom is 0.322 e. The molecule has 0 aromatic heterocycles. The molecule has 0 spiro atoms. The Morgan fingerprint density at radius 3 is 2.46 bits per heavy atom. The second kappa shape index (κ2) is 4.37. The van der Waals surface area contributed by atoms with E-state index in [-0.39, 0.29) is 17.8 Å². The number of Topliss-reactive ketones (excluding diaryl/α,β-unsaturated/α-hetero) is 1. The fourth-order valence-electron chi connectivity index (χ4n) is 1.48.